The first-order valence-corrected chi connectivity index (χ1v) is 18.4. The van der Waals surface area contributed by atoms with Crippen LogP contribution in [0.5, 0.6) is 0 Å². The van der Waals surface area contributed by atoms with E-state index in [1.165, 1.54) is 51.4 Å². The summed E-state index contributed by atoms with van der Waals surface area (Å²) in [5, 5.41) is 20.5. The highest BCUT2D eigenvalue weighted by atomic mass is 16.7. The van der Waals surface area contributed by atoms with Gasteiger partial charge in [0.2, 0.25) is 0 Å². The minimum Gasteiger partial charge on any atom is -0.480 e. The third-order valence-electron chi connectivity index (χ3n) is 15.2. The number of rotatable bonds is 8. The lowest BCUT2D eigenvalue weighted by Crippen LogP contribution is -2.57. The Morgan fingerprint density at radius 2 is 1.78 bits per heavy atom. The molecule has 7 fully saturated rings. The molecular formula is C37H61NO7. The molecule has 2 saturated heterocycles. The Labute approximate surface area is 271 Å². The average Bonchev–Trinajstić information content (AvgIpc) is 3.56. The predicted molar refractivity (Wildman–Crippen MR) is 171 cm³/mol. The van der Waals surface area contributed by atoms with Crippen molar-refractivity contribution in [3.05, 3.63) is 0 Å². The molecule has 5 saturated carbocycles. The van der Waals surface area contributed by atoms with Gasteiger partial charge in [0.05, 0.1) is 37.1 Å². The molecule has 256 valence electrons. The second-order valence-corrected chi connectivity index (χ2v) is 17.8. The van der Waals surface area contributed by atoms with Crippen LogP contribution in [0.3, 0.4) is 0 Å². The Balaban J connectivity index is 1.05. The molecular weight excluding hydrogens is 570 g/mol. The lowest BCUT2D eigenvalue weighted by Gasteiger charge is -2.60. The van der Waals surface area contributed by atoms with E-state index >= 15 is 0 Å². The average molecular weight is 632 g/mol. The zero-order valence-corrected chi connectivity index (χ0v) is 29.1. The van der Waals surface area contributed by atoms with Crippen molar-refractivity contribution in [3.63, 3.8) is 0 Å². The van der Waals surface area contributed by atoms with Gasteiger partial charge in [0, 0.05) is 13.2 Å². The molecule has 2 aliphatic heterocycles. The number of carboxylic acid groups (broad SMARTS) is 1. The monoisotopic (exact) mass is 631 g/mol. The summed E-state index contributed by atoms with van der Waals surface area (Å²) in [6, 6.07) is -0.524. The van der Waals surface area contributed by atoms with Crippen LogP contribution in [0.25, 0.3) is 0 Å². The van der Waals surface area contributed by atoms with Gasteiger partial charge in [0.15, 0.2) is 6.29 Å². The molecule has 5 aliphatic carbocycles. The minimum absolute atomic E-state index is 0.0319. The quantitative estimate of drug-likeness (QED) is 0.343. The molecule has 0 amide bonds. The summed E-state index contributed by atoms with van der Waals surface area (Å²) >= 11 is 0. The van der Waals surface area contributed by atoms with Crippen LogP contribution in [0.2, 0.25) is 0 Å². The fraction of sp³-hybridized carbons (Fsp3) is 0.973. The zero-order valence-electron chi connectivity index (χ0n) is 29.1. The van der Waals surface area contributed by atoms with E-state index in [1.807, 2.05) is 25.7 Å². The number of hydrogen-bond donors (Lipinski definition) is 2. The summed E-state index contributed by atoms with van der Waals surface area (Å²) in [5.41, 5.74) is 0.412. The minimum atomic E-state index is -0.916. The molecule has 2 heterocycles. The number of aliphatic hydroxyl groups is 1. The summed E-state index contributed by atoms with van der Waals surface area (Å²) in [7, 11) is 0. The maximum atomic E-state index is 11.6. The highest BCUT2D eigenvalue weighted by Gasteiger charge is 2.80. The SMILES string of the molecule is CCOC(C1CCC2C(CC3C4CCC5C(C)(C)C(OC6CN(C(C)C(=O)O)CCO6)CCC56CC46CCC23C)O1)C(C)(C)O. The molecule has 8 heteroatoms. The predicted octanol–water partition coefficient (Wildman–Crippen LogP) is 5.89. The van der Waals surface area contributed by atoms with Gasteiger partial charge in [-0.1, -0.05) is 20.8 Å². The van der Waals surface area contributed by atoms with Crippen molar-refractivity contribution in [1.82, 2.24) is 4.90 Å². The van der Waals surface area contributed by atoms with Gasteiger partial charge in [0.25, 0.3) is 0 Å². The lowest BCUT2D eigenvalue weighted by molar-refractivity contribution is -0.247. The number of nitrogens with zero attached hydrogens (tertiary/aromatic N) is 1. The fourth-order valence-electron chi connectivity index (χ4n) is 13.1. The van der Waals surface area contributed by atoms with Crippen LogP contribution in [0.1, 0.15) is 113 Å². The van der Waals surface area contributed by atoms with Gasteiger partial charge in [-0.3, -0.25) is 9.69 Å². The second kappa shape index (κ2) is 11.1. The summed E-state index contributed by atoms with van der Waals surface area (Å²) in [6.07, 6.45) is 12.1. The summed E-state index contributed by atoms with van der Waals surface area (Å²) < 4.78 is 25.9. The molecule has 2 N–H and O–H groups in total. The van der Waals surface area contributed by atoms with Gasteiger partial charge in [-0.2, -0.15) is 0 Å². The van der Waals surface area contributed by atoms with Crippen LogP contribution in [0, 0.1) is 45.3 Å². The zero-order chi connectivity index (χ0) is 32.2. The summed E-state index contributed by atoms with van der Waals surface area (Å²) in [4.78, 5) is 13.6. The highest BCUT2D eigenvalue weighted by Crippen LogP contribution is 2.87. The van der Waals surface area contributed by atoms with Crippen molar-refractivity contribution in [2.75, 3.05) is 26.3 Å². The third-order valence-corrected chi connectivity index (χ3v) is 15.2. The first kappa shape index (κ1) is 32.8. The molecule has 0 aromatic heterocycles. The van der Waals surface area contributed by atoms with Crippen LogP contribution in [0.4, 0.5) is 0 Å². The van der Waals surface area contributed by atoms with Crippen LogP contribution < -0.4 is 0 Å². The van der Waals surface area contributed by atoms with Crippen LogP contribution in [-0.4, -0.2) is 89.7 Å². The molecule has 7 rings (SSSR count). The van der Waals surface area contributed by atoms with Gasteiger partial charge in [0.1, 0.15) is 12.1 Å². The Morgan fingerprint density at radius 1 is 1.02 bits per heavy atom. The molecule has 13 atom stereocenters. The molecule has 0 bridgehead atoms. The standard InChI is InChI=1S/C37H61NO7/c1-8-42-31(34(5,6)41)26-11-9-24-27(44-26)19-25-23-10-12-28-33(3,4)29(45-30-20-38(17-18-43-30)22(2)32(39)40)13-14-37(28)21-36(23,37)16-15-35(24,25)7/h22-31,41H,8-21H2,1-7H3,(H,39,40). The maximum Gasteiger partial charge on any atom is 0.320 e. The van der Waals surface area contributed by atoms with Gasteiger partial charge < -0.3 is 29.2 Å². The first-order valence-electron chi connectivity index (χ1n) is 18.4. The second-order valence-electron chi connectivity index (χ2n) is 17.8. The van der Waals surface area contributed by atoms with Crippen LogP contribution >= 0.6 is 0 Å². The van der Waals surface area contributed by atoms with E-state index in [0.717, 1.165) is 24.7 Å². The number of hydrogen-bond acceptors (Lipinski definition) is 7. The molecule has 13 unspecified atom stereocenters. The van der Waals surface area contributed by atoms with Crippen molar-refractivity contribution in [3.8, 4) is 0 Å². The van der Waals surface area contributed by atoms with Crippen molar-refractivity contribution < 1.29 is 34.0 Å². The summed E-state index contributed by atoms with van der Waals surface area (Å²) in [5.74, 6) is 2.00. The fourth-order valence-corrected chi connectivity index (χ4v) is 13.1. The van der Waals surface area contributed by atoms with Crippen molar-refractivity contribution in [1.29, 1.82) is 0 Å². The van der Waals surface area contributed by atoms with Gasteiger partial charge in [-0.15, -0.1) is 0 Å². The first-order chi connectivity index (χ1) is 21.2. The van der Waals surface area contributed by atoms with E-state index in [9.17, 15) is 15.0 Å². The molecule has 0 radical (unpaired) electrons. The summed E-state index contributed by atoms with van der Waals surface area (Å²) in [6.45, 7) is 17.3. The molecule has 8 nitrogen and oxygen atoms in total. The molecule has 7 aliphatic rings. The number of carboxylic acids is 1. The van der Waals surface area contributed by atoms with E-state index < -0.39 is 17.6 Å². The number of aliphatic carboxylic acids is 1. The van der Waals surface area contributed by atoms with Gasteiger partial charge >= 0.3 is 5.97 Å². The normalized spacial score (nSPS) is 48.6. The Kier molecular flexibility index (Phi) is 8.10. The number of fused-ring (bicyclic) bond motifs is 4. The molecule has 0 aromatic rings. The number of ether oxygens (including phenoxy) is 4. The lowest BCUT2D eigenvalue weighted by atomic mass is 9.46. The van der Waals surface area contributed by atoms with E-state index in [4.69, 9.17) is 18.9 Å². The molecule has 45 heavy (non-hydrogen) atoms. The van der Waals surface area contributed by atoms with Crippen molar-refractivity contribution >= 4 is 5.97 Å². The Morgan fingerprint density at radius 3 is 2.49 bits per heavy atom. The smallest absolute Gasteiger partial charge is 0.320 e. The Hall–Kier alpha value is -0.770. The van der Waals surface area contributed by atoms with Crippen LogP contribution in [-0.2, 0) is 23.7 Å². The largest absolute Gasteiger partial charge is 0.480 e. The molecule has 2 spiro atoms. The number of carbonyl (C=O) groups is 1. The van der Waals surface area contributed by atoms with Crippen molar-refractivity contribution in [2.45, 2.75) is 155 Å². The van der Waals surface area contributed by atoms with Gasteiger partial charge in [-0.25, -0.2) is 0 Å². The van der Waals surface area contributed by atoms with Gasteiger partial charge in [-0.05, 0) is 137 Å². The Bertz CT molecular complexity index is 1140. The third kappa shape index (κ3) is 4.92. The van der Waals surface area contributed by atoms with E-state index in [1.54, 1.807) is 6.92 Å². The van der Waals surface area contributed by atoms with E-state index in [2.05, 4.69) is 20.8 Å². The van der Waals surface area contributed by atoms with E-state index in [0.29, 0.717) is 54.4 Å². The van der Waals surface area contributed by atoms with Crippen LogP contribution in [0.15, 0.2) is 0 Å². The van der Waals surface area contributed by atoms with E-state index in [-0.39, 0.29) is 36.1 Å². The number of morpholine rings is 1. The highest BCUT2D eigenvalue weighted by molar-refractivity contribution is 5.72. The van der Waals surface area contributed by atoms with Crippen molar-refractivity contribution in [2.24, 2.45) is 45.3 Å². The maximum absolute atomic E-state index is 11.6. The topological polar surface area (TPSA) is 97.7 Å². The molecule has 0 aromatic carbocycles.